The maximum absolute atomic E-state index is 10.2. The van der Waals surface area contributed by atoms with E-state index < -0.39 is 0 Å². The van der Waals surface area contributed by atoms with Crippen molar-refractivity contribution in [2.24, 2.45) is 51.3 Å². The van der Waals surface area contributed by atoms with Crippen LogP contribution in [0.25, 0.3) is 0 Å². The Morgan fingerprint density at radius 1 is 0.980 bits per heavy atom. The quantitative estimate of drug-likeness (QED) is 0.305. The molecule has 5 nitrogen and oxygen atoms in total. The van der Waals surface area contributed by atoms with Crippen molar-refractivity contribution in [2.45, 2.75) is 118 Å². The molecule has 0 bridgehead atoms. The van der Waals surface area contributed by atoms with Crippen LogP contribution in [0.4, 0.5) is 16.4 Å². The fraction of sp³-hybridized carbons (Fsp3) is 0.705. The van der Waals surface area contributed by atoms with Gasteiger partial charge in [0.1, 0.15) is 10.8 Å². The van der Waals surface area contributed by atoms with Crippen LogP contribution in [0.3, 0.4) is 0 Å². The zero-order valence-electron chi connectivity index (χ0n) is 32.3. The maximum Gasteiger partial charge on any atom is 0.139 e. The van der Waals surface area contributed by atoms with Gasteiger partial charge in [-0.05, 0) is 130 Å². The number of thiophene rings is 1. The molecule has 6 aliphatic rings. The first-order chi connectivity index (χ1) is 24.0. The number of aryl methyl sites for hydroxylation is 1. The molecule has 0 spiro atoms. The maximum atomic E-state index is 10.2. The van der Waals surface area contributed by atoms with Gasteiger partial charge in [0.05, 0.1) is 23.0 Å². The number of benzene rings is 1. The Morgan fingerprint density at radius 2 is 1.76 bits per heavy atom. The number of aliphatic hydroxyl groups excluding tert-OH is 1. The Hall–Kier alpha value is -2.15. The van der Waals surface area contributed by atoms with Crippen molar-refractivity contribution in [3.63, 3.8) is 0 Å². The van der Waals surface area contributed by atoms with E-state index in [0.29, 0.717) is 10.8 Å². The summed E-state index contributed by atoms with van der Waals surface area (Å²) in [6.07, 6.45) is 17.2. The lowest BCUT2D eigenvalue weighted by atomic mass is 9.47. The van der Waals surface area contributed by atoms with Gasteiger partial charge in [0.25, 0.3) is 0 Å². The minimum Gasteiger partial charge on any atom is -0.393 e. The number of allylic oxidation sites excluding steroid dienone is 1. The highest BCUT2D eigenvalue weighted by Crippen LogP contribution is 2.67. The molecule has 1 aromatic carbocycles. The van der Waals surface area contributed by atoms with Crippen molar-refractivity contribution in [3.8, 4) is 0 Å². The van der Waals surface area contributed by atoms with Gasteiger partial charge in [0.15, 0.2) is 0 Å². The second-order valence-electron chi connectivity index (χ2n) is 18.2. The normalized spacial score (nSPS) is 34.0. The zero-order valence-corrected chi connectivity index (χ0v) is 33.1. The van der Waals surface area contributed by atoms with E-state index >= 15 is 0 Å². The molecule has 0 radical (unpaired) electrons. The Labute approximate surface area is 308 Å². The van der Waals surface area contributed by atoms with Crippen molar-refractivity contribution in [2.75, 3.05) is 38.5 Å². The third-order valence-electron chi connectivity index (χ3n) is 14.6. The van der Waals surface area contributed by atoms with Gasteiger partial charge in [-0.15, -0.1) is 11.3 Å². The van der Waals surface area contributed by atoms with E-state index in [1.54, 1.807) is 16.9 Å². The van der Waals surface area contributed by atoms with E-state index in [-0.39, 0.29) is 6.10 Å². The first-order valence-electron chi connectivity index (χ1n) is 20.3. The second kappa shape index (κ2) is 14.7. The van der Waals surface area contributed by atoms with Gasteiger partial charge in [0.2, 0.25) is 0 Å². The van der Waals surface area contributed by atoms with Gasteiger partial charge in [-0.25, -0.2) is 4.99 Å². The summed E-state index contributed by atoms with van der Waals surface area (Å²) in [5.74, 6) is 6.57. The van der Waals surface area contributed by atoms with Crippen molar-refractivity contribution in [1.29, 1.82) is 0 Å². The molecule has 2 N–H and O–H groups in total. The molecule has 1 aromatic heterocycles. The molecule has 3 heterocycles. The fourth-order valence-corrected chi connectivity index (χ4v) is 12.6. The zero-order chi connectivity index (χ0) is 35.2. The first kappa shape index (κ1) is 36.2. The van der Waals surface area contributed by atoms with Gasteiger partial charge < -0.3 is 20.2 Å². The van der Waals surface area contributed by atoms with E-state index in [0.717, 1.165) is 91.7 Å². The first-order valence-corrected chi connectivity index (χ1v) is 21.1. The molecule has 0 amide bonds. The average Bonchev–Trinajstić information content (AvgIpc) is 3.59. The summed E-state index contributed by atoms with van der Waals surface area (Å²) >= 11 is 1.81. The molecule has 0 unspecified atom stereocenters. The number of nitrogens with one attached hydrogen (secondary N) is 1. The van der Waals surface area contributed by atoms with Crippen LogP contribution in [0, 0.1) is 53.3 Å². The minimum atomic E-state index is -0.0766. The SMILES string of the molecule is CC(C)CCC[C@@H](C)[C@H]1CC[C@H]2[C@@H]3CC=C4C[C@@H](O)CC[C@]4(C)[C@H]3CC[C@]12C.Cc1cc2c(s1)Nc1ccccc1N=C2N1CCN(C)CC1. The van der Waals surface area contributed by atoms with Gasteiger partial charge in [0, 0.05) is 31.1 Å². The monoisotopic (exact) mass is 698 g/mol. The highest BCUT2D eigenvalue weighted by Gasteiger charge is 2.59. The van der Waals surface area contributed by atoms with Crippen LogP contribution < -0.4 is 5.32 Å². The molecule has 3 saturated carbocycles. The van der Waals surface area contributed by atoms with Crippen molar-refractivity contribution in [1.82, 2.24) is 9.80 Å². The highest BCUT2D eigenvalue weighted by atomic mass is 32.1. The van der Waals surface area contributed by atoms with E-state index in [9.17, 15) is 5.11 Å². The smallest absolute Gasteiger partial charge is 0.139 e. The molecule has 4 fully saturated rings. The molecule has 8 rings (SSSR count). The Bertz CT molecular complexity index is 1550. The summed E-state index contributed by atoms with van der Waals surface area (Å²) in [4.78, 5) is 11.1. The number of piperazine rings is 1. The summed E-state index contributed by atoms with van der Waals surface area (Å²) in [6.45, 7) is 19.0. The van der Waals surface area contributed by atoms with Crippen molar-refractivity contribution >= 4 is 33.5 Å². The van der Waals surface area contributed by atoms with Gasteiger partial charge >= 0.3 is 0 Å². The predicted molar refractivity (Wildman–Crippen MR) is 213 cm³/mol. The lowest BCUT2D eigenvalue weighted by molar-refractivity contribution is -0.0573. The molecule has 274 valence electrons. The van der Waals surface area contributed by atoms with Crippen LogP contribution >= 0.6 is 11.3 Å². The number of aliphatic imine (C=N–C) groups is 1. The van der Waals surface area contributed by atoms with Gasteiger partial charge in [-0.3, -0.25) is 0 Å². The third-order valence-corrected chi connectivity index (χ3v) is 15.5. The minimum absolute atomic E-state index is 0.0766. The number of nitrogens with zero attached hydrogens (tertiary/aromatic N) is 3. The van der Waals surface area contributed by atoms with Gasteiger partial charge in [-0.2, -0.15) is 0 Å². The Balaban J connectivity index is 0.000000161. The summed E-state index contributed by atoms with van der Waals surface area (Å²) in [5.41, 5.74) is 5.96. The number of para-hydroxylation sites is 2. The Morgan fingerprint density at radius 3 is 2.54 bits per heavy atom. The molecular formula is C44H66N4OS. The highest BCUT2D eigenvalue weighted by molar-refractivity contribution is 7.16. The average molecular weight is 699 g/mol. The van der Waals surface area contributed by atoms with Crippen molar-refractivity contribution < 1.29 is 5.11 Å². The molecule has 1 saturated heterocycles. The molecule has 2 aromatic rings. The van der Waals surface area contributed by atoms with E-state index in [1.807, 2.05) is 0 Å². The van der Waals surface area contributed by atoms with E-state index in [2.05, 4.69) is 100 Å². The summed E-state index contributed by atoms with van der Waals surface area (Å²) in [5, 5.41) is 15.0. The third kappa shape index (κ3) is 6.99. The summed E-state index contributed by atoms with van der Waals surface area (Å²) in [6, 6.07) is 10.6. The molecular weight excluding hydrogens is 633 g/mol. The molecule has 2 aliphatic heterocycles. The predicted octanol–water partition coefficient (Wildman–Crippen LogP) is 10.8. The largest absolute Gasteiger partial charge is 0.393 e. The molecule has 8 atom stereocenters. The Kier molecular flexibility index (Phi) is 10.6. The van der Waals surface area contributed by atoms with Crippen LogP contribution in [0.1, 0.15) is 116 Å². The van der Waals surface area contributed by atoms with Crippen LogP contribution in [-0.4, -0.2) is 60.1 Å². The molecule has 4 aliphatic carbocycles. The lowest BCUT2D eigenvalue weighted by Gasteiger charge is -2.58. The van der Waals surface area contributed by atoms with Crippen LogP contribution in [0.15, 0.2) is 47.0 Å². The number of aliphatic hydroxyl groups is 1. The van der Waals surface area contributed by atoms with E-state index in [4.69, 9.17) is 4.99 Å². The molecule has 50 heavy (non-hydrogen) atoms. The van der Waals surface area contributed by atoms with Gasteiger partial charge in [-0.1, -0.05) is 77.7 Å². The topological polar surface area (TPSA) is 51.1 Å². The molecule has 6 heteroatoms. The van der Waals surface area contributed by atoms with Crippen LogP contribution in [0.5, 0.6) is 0 Å². The lowest BCUT2D eigenvalue weighted by Crippen LogP contribution is -2.50. The fourth-order valence-electron chi connectivity index (χ4n) is 11.7. The number of amidine groups is 1. The number of rotatable bonds is 5. The van der Waals surface area contributed by atoms with E-state index in [1.165, 1.54) is 73.2 Å². The number of fused-ring (bicyclic) bond motifs is 7. The second-order valence-corrected chi connectivity index (χ2v) is 19.4. The summed E-state index contributed by atoms with van der Waals surface area (Å²) < 4.78 is 0. The van der Waals surface area contributed by atoms with Crippen LogP contribution in [-0.2, 0) is 0 Å². The number of likely N-dealkylation sites (N-methyl/N-ethyl adjacent to an activating group) is 1. The number of hydrogen-bond donors (Lipinski definition) is 2. The number of anilines is 2. The standard InChI is InChI=1S/C27H46O.C17H20N4S/c1-18(2)7-6-8-19(3)23-11-12-24-22-10-9-20-17-21(28)13-15-26(20,4)25(22)14-16-27(23,24)5;1-12-11-13-16(21-9-7-20(2)8-10-21)18-14-5-3-4-6-15(14)19-17(13)22-12/h9,18-19,21-25,28H,6-8,10-17H2,1-5H3;3-6,11,19H,7-10H2,1-2H3/t19-,21+,22+,23-,24+,25+,26+,27-;/m1./s1. The number of hydrogen-bond acceptors (Lipinski definition) is 6. The van der Waals surface area contributed by atoms with Crippen LogP contribution in [0.2, 0.25) is 0 Å². The summed E-state index contributed by atoms with van der Waals surface area (Å²) in [7, 11) is 2.18. The van der Waals surface area contributed by atoms with Crippen molar-refractivity contribution in [3.05, 3.63) is 52.4 Å².